The quantitative estimate of drug-likeness (QED) is 0.549. The number of rotatable bonds is 6. The highest BCUT2D eigenvalue weighted by Crippen LogP contribution is 2.23. The number of carbonyl (C=O) groups is 2. The van der Waals surface area contributed by atoms with Crippen LogP contribution in [0.5, 0.6) is 0 Å². The Morgan fingerprint density at radius 3 is 2.59 bits per heavy atom. The Kier molecular flexibility index (Phi) is 6.44. The molecule has 168 valence electrons. The number of ether oxygens (including phenoxy) is 1. The van der Waals surface area contributed by atoms with Crippen LogP contribution >= 0.6 is 0 Å². The summed E-state index contributed by atoms with van der Waals surface area (Å²) >= 11 is 0. The van der Waals surface area contributed by atoms with Crippen molar-refractivity contribution in [1.29, 1.82) is 0 Å². The van der Waals surface area contributed by atoms with Crippen molar-refractivity contribution >= 4 is 11.9 Å². The second-order valence-corrected chi connectivity index (χ2v) is 8.37. The van der Waals surface area contributed by atoms with Crippen LogP contribution in [0.3, 0.4) is 0 Å². The third-order valence-corrected chi connectivity index (χ3v) is 6.23. The first-order valence-corrected chi connectivity index (χ1v) is 11.2. The number of hydrogen-bond acceptors (Lipinski definition) is 4. The molecule has 2 aromatic heterocycles. The third-order valence-electron chi connectivity index (χ3n) is 6.23. The van der Waals surface area contributed by atoms with E-state index in [4.69, 9.17) is 4.74 Å². The van der Waals surface area contributed by atoms with Gasteiger partial charge in [0.1, 0.15) is 11.3 Å². The van der Waals surface area contributed by atoms with Gasteiger partial charge in [0.15, 0.2) is 0 Å². The van der Waals surface area contributed by atoms with Crippen LogP contribution in [-0.2, 0) is 11.8 Å². The summed E-state index contributed by atoms with van der Waals surface area (Å²) in [5.41, 5.74) is 3.51. The summed E-state index contributed by atoms with van der Waals surface area (Å²) in [6.07, 6.45) is 5.53. The second-order valence-electron chi connectivity index (χ2n) is 8.37. The Labute approximate surface area is 188 Å². The summed E-state index contributed by atoms with van der Waals surface area (Å²) in [4.78, 5) is 27.8. The number of likely N-dealkylation sites (tertiary alicyclic amines) is 1. The summed E-state index contributed by atoms with van der Waals surface area (Å²) in [5.74, 6) is -0.317. The second kappa shape index (κ2) is 9.42. The summed E-state index contributed by atoms with van der Waals surface area (Å²) in [7, 11) is 1.88. The first-order valence-electron chi connectivity index (χ1n) is 11.2. The van der Waals surface area contributed by atoms with Crippen LogP contribution in [0.2, 0.25) is 0 Å². The molecule has 3 aromatic rings. The van der Waals surface area contributed by atoms with Crippen LogP contribution in [0.4, 0.5) is 0 Å². The number of aryl methyl sites for hydroxylation is 2. The summed E-state index contributed by atoms with van der Waals surface area (Å²) < 4.78 is 9.27. The minimum Gasteiger partial charge on any atom is -0.462 e. The Morgan fingerprint density at radius 2 is 1.88 bits per heavy atom. The molecule has 3 heterocycles. The number of aromatic nitrogens is 3. The molecule has 1 aromatic carbocycles. The van der Waals surface area contributed by atoms with Gasteiger partial charge in [0.05, 0.1) is 23.7 Å². The lowest BCUT2D eigenvalue weighted by Crippen LogP contribution is -2.44. The fourth-order valence-corrected chi connectivity index (χ4v) is 4.52. The van der Waals surface area contributed by atoms with E-state index in [1.165, 1.54) is 0 Å². The van der Waals surface area contributed by atoms with E-state index in [9.17, 15) is 9.59 Å². The molecule has 1 fully saturated rings. The van der Waals surface area contributed by atoms with Gasteiger partial charge in [-0.3, -0.25) is 4.79 Å². The predicted molar refractivity (Wildman–Crippen MR) is 122 cm³/mol. The molecular weight excluding hydrogens is 404 g/mol. The van der Waals surface area contributed by atoms with Crippen molar-refractivity contribution in [3.63, 3.8) is 0 Å². The molecule has 0 aliphatic carbocycles. The summed E-state index contributed by atoms with van der Waals surface area (Å²) in [6.45, 7) is 4.72. The monoisotopic (exact) mass is 434 g/mol. The van der Waals surface area contributed by atoms with Crippen molar-refractivity contribution in [3.05, 3.63) is 71.3 Å². The summed E-state index contributed by atoms with van der Waals surface area (Å²) in [6, 6.07) is 13.5. The summed E-state index contributed by atoms with van der Waals surface area (Å²) in [5, 5.41) is 4.53. The maximum Gasteiger partial charge on any atom is 0.341 e. The highest BCUT2D eigenvalue weighted by molar-refractivity contribution is 5.93. The standard InChI is InChI=1S/C25H30N4O3/c1-18-23(19(2)29(26-18)21-11-5-4-6-12-21)25(31)32-17-14-20-10-7-8-16-28(20)24(30)22-13-9-15-27(22)3/h4-6,9,11-13,15,20H,7-8,10,14,16-17H2,1-3H3. The largest absolute Gasteiger partial charge is 0.462 e. The molecule has 0 N–H and O–H groups in total. The number of piperidine rings is 1. The highest BCUT2D eigenvalue weighted by atomic mass is 16.5. The number of benzene rings is 1. The molecule has 1 atom stereocenters. The molecule has 1 aliphatic rings. The van der Waals surface area contributed by atoms with Crippen molar-refractivity contribution in [2.75, 3.05) is 13.2 Å². The van der Waals surface area contributed by atoms with E-state index in [1.54, 1.807) is 4.68 Å². The molecule has 1 amide bonds. The van der Waals surface area contributed by atoms with E-state index in [0.717, 1.165) is 37.2 Å². The van der Waals surface area contributed by atoms with Crippen molar-refractivity contribution < 1.29 is 14.3 Å². The number of hydrogen-bond donors (Lipinski definition) is 0. The van der Waals surface area contributed by atoms with Crippen LogP contribution in [0.25, 0.3) is 5.69 Å². The Hall–Kier alpha value is -3.35. The van der Waals surface area contributed by atoms with Gasteiger partial charge in [-0.25, -0.2) is 9.48 Å². The molecule has 32 heavy (non-hydrogen) atoms. The zero-order chi connectivity index (χ0) is 22.7. The molecule has 0 saturated carbocycles. The van der Waals surface area contributed by atoms with Crippen LogP contribution < -0.4 is 0 Å². The average Bonchev–Trinajstić information content (AvgIpc) is 3.36. The fraction of sp³-hybridized carbons (Fsp3) is 0.400. The molecule has 7 nitrogen and oxygen atoms in total. The van der Waals surface area contributed by atoms with Gasteiger partial charge in [-0.15, -0.1) is 0 Å². The van der Waals surface area contributed by atoms with E-state index < -0.39 is 0 Å². The van der Waals surface area contributed by atoms with Gasteiger partial charge in [-0.05, 0) is 57.4 Å². The lowest BCUT2D eigenvalue weighted by atomic mass is 9.99. The van der Waals surface area contributed by atoms with E-state index in [2.05, 4.69) is 5.10 Å². The molecule has 1 unspecified atom stereocenters. The van der Waals surface area contributed by atoms with Gasteiger partial charge in [-0.2, -0.15) is 5.10 Å². The Bertz CT molecular complexity index is 1100. The number of esters is 1. The van der Waals surface area contributed by atoms with Gasteiger partial charge in [0.25, 0.3) is 5.91 Å². The van der Waals surface area contributed by atoms with Gasteiger partial charge < -0.3 is 14.2 Å². The van der Waals surface area contributed by atoms with Gasteiger partial charge >= 0.3 is 5.97 Å². The minimum absolute atomic E-state index is 0.0457. The van der Waals surface area contributed by atoms with Gasteiger partial charge in [0, 0.05) is 32.3 Å². The molecule has 7 heteroatoms. The predicted octanol–water partition coefficient (Wildman–Crippen LogP) is 4.07. The van der Waals surface area contributed by atoms with E-state index in [1.807, 2.05) is 79.0 Å². The molecule has 1 saturated heterocycles. The number of nitrogens with zero attached hydrogens (tertiary/aromatic N) is 4. The average molecular weight is 435 g/mol. The lowest BCUT2D eigenvalue weighted by Gasteiger charge is -2.35. The van der Waals surface area contributed by atoms with Gasteiger partial charge in [-0.1, -0.05) is 18.2 Å². The number of para-hydroxylation sites is 1. The SMILES string of the molecule is Cc1nn(-c2ccccc2)c(C)c1C(=O)OCCC1CCCCN1C(=O)c1cccn1C. The van der Waals surface area contributed by atoms with E-state index >= 15 is 0 Å². The maximum atomic E-state index is 13.0. The van der Waals surface area contributed by atoms with Crippen LogP contribution in [0.1, 0.15) is 57.9 Å². The molecule has 0 radical (unpaired) electrons. The lowest BCUT2D eigenvalue weighted by molar-refractivity contribution is 0.0405. The highest BCUT2D eigenvalue weighted by Gasteiger charge is 2.29. The number of carbonyl (C=O) groups excluding carboxylic acids is 2. The molecule has 0 bridgehead atoms. The van der Waals surface area contributed by atoms with Crippen molar-refractivity contribution in [3.8, 4) is 5.69 Å². The zero-order valence-corrected chi connectivity index (χ0v) is 19.0. The first kappa shape index (κ1) is 21.9. The maximum absolute atomic E-state index is 13.0. The molecular formula is C25H30N4O3. The fourth-order valence-electron chi connectivity index (χ4n) is 4.52. The van der Waals surface area contributed by atoms with Gasteiger partial charge in [0.2, 0.25) is 0 Å². The smallest absolute Gasteiger partial charge is 0.341 e. The van der Waals surface area contributed by atoms with E-state index in [0.29, 0.717) is 23.4 Å². The van der Waals surface area contributed by atoms with Crippen LogP contribution in [0.15, 0.2) is 48.7 Å². The van der Waals surface area contributed by atoms with Crippen LogP contribution in [-0.4, -0.2) is 50.3 Å². The minimum atomic E-state index is -0.363. The molecule has 4 rings (SSSR count). The topological polar surface area (TPSA) is 69.4 Å². The van der Waals surface area contributed by atoms with E-state index in [-0.39, 0.29) is 24.5 Å². The Morgan fingerprint density at radius 1 is 1.09 bits per heavy atom. The third kappa shape index (κ3) is 4.33. The molecule has 1 aliphatic heterocycles. The normalized spacial score (nSPS) is 16.2. The van der Waals surface area contributed by atoms with Crippen molar-refractivity contribution in [2.24, 2.45) is 7.05 Å². The zero-order valence-electron chi connectivity index (χ0n) is 19.0. The van der Waals surface area contributed by atoms with Crippen molar-refractivity contribution in [2.45, 2.75) is 45.6 Å². The Balaban J connectivity index is 1.41. The molecule has 0 spiro atoms. The van der Waals surface area contributed by atoms with Crippen molar-refractivity contribution in [1.82, 2.24) is 19.2 Å². The van der Waals surface area contributed by atoms with Crippen LogP contribution in [0, 0.1) is 13.8 Å². The first-order chi connectivity index (χ1) is 15.5. The number of amides is 1.